The Labute approximate surface area is 191 Å². The fourth-order valence-electron chi connectivity index (χ4n) is 2.87. The summed E-state index contributed by atoms with van der Waals surface area (Å²) in [6.07, 6.45) is 1.47. The molecule has 0 bridgehead atoms. The van der Waals surface area contributed by atoms with E-state index in [0.29, 0.717) is 27.3 Å². The minimum atomic E-state index is -0.550. The highest BCUT2D eigenvalue weighted by Gasteiger charge is 2.36. The molecule has 0 aliphatic carbocycles. The SMILES string of the molecule is O=C(CN1C(=O)S/C(=C\c2ccc(-c3ccc(Cl)c(Cl)c3)o2)C1=O)Nc1ccccc1. The molecule has 2 aromatic carbocycles. The number of carbonyl (C=O) groups is 3. The van der Waals surface area contributed by atoms with Crippen molar-refractivity contribution in [2.45, 2.75) is 0 Å². The number of hydrogen-bond acceptors (Lipinski definition) is 5. The summed E-state index contributed by atoms with van der Waals surface area (Å²) < 4.78 is 5.75. The lowest BCUT2D eigenvalue weighted by atomic mass is 10.2. The summed E-state index contributed by atoms with van der Waals surface area (Å²) >= 11 is 12.7. The Balaban J connectivity index is 1.46. The zero-order chi connectivity index (χ0) is 22.0. The summed E-state index contributed by atoms with van der Waals surface area (Å²) in [7, 11) is 0. The van der Waals surface area contributed by atoms with E-state index in [2.05, 4.69) is 5.32 Å². The van der Waals surface area contributed by atoms with Crippen LogP contribution in [0.3, 0.4) is 0 Å². The van der Waals surface area contributed by atoms with Crippen molar-refractivity contribution >= 4 is 63.8 Å². The van der Waals surface area contributed by atoms with E-state index in [4.69, 9.17) is 27.6 Å². The van der Waals surface area contributed by atoms with E-state index in [1.54, 1.807) is 54.6 Å². The summed E-state index contributed by atoms with van der Waals surface area (Å²) in [6, 6.07) is 17.3. The molecular formula is C22H14Cl2N2O4S. The molecule has 0 unspecified atom stereocenters. The number of carbonyl (C=O) groups excluding carboxylic acids is 3. The lowest BCUT2D eigenvalue weighted by molar-refractivity contribution is -0.127. The third-order valence-corrected chi connectivity index (χ3v) is 5.98. The van der Waals surface area contributed by atoms with Crippen molar-refractivity contribution in [1.29, 1.82) is 0 Å². The van der Waals surface area contributed by atoms with Crippen molar-refractivity contribution < 1.29 is 18.8 Å². The molecule has 1 fully saturated rings. The maximum absolute atomic E-state index is 12.6. The second-order valence-electron chi connectivity index (χ2n) is 6.51. The second kappa shape index (κ2) is 9.01. The van der Waals surface area contributed by atoms with Gasteiger partial charge < -0.3 is 9.73 Å². The number of furan rings is 1. The molecule has 2 heterocycles. The monoisotopic (exact) mass is 472 g/mol. The number of rotatable bonds is 5. The number of anilines is 1. The molecule has 1 aliphatic rings. The van der Waals surface area contributed by atoms with Gasteiger partial charge in [0.15, 0.2) is 0 Å². The van der Waals surface area contributed by atoms with E-state index in [1.165, 1.54) is 6.08 Å². The summed E-state index contributed by atoms with van der Waals surface area (Å²) in [5, 5.41) is 2.96. The quantitative estimate of drug-likeness (QED) is 0.465. The molecule has 1 N–H and O–H groups in total. The maximum atomic E-state index is 12.6. The highest BCUT2D eigenvalue weighted by Crippen LogP contribution is 2.34. The van der Waals surface area contributed by atoms with Crippen molar-refractivity contribution in [2.75, 3.05) is 11.9 Å². The minimum Gasteiger partial charge on any atom is -0.457 e. The molecule has 1 aromatic heterocycles. The molecule has 0 spiro atoms. The first-order valence-electron chi connectivity index (χ1n) is 9.06. The predicted octanol–water partition coefficient (Wildman–Crippen LogP) is 5.93. The van der Waals surface area contributed by atoms with E-state index in [9.17, 15) is 14.4 Å². The van der Waals surface area contributed by atoms with Crippen LogP contribution in [-0.4, -0.2) is 28.5 Å². The Kier molecular flexibility index (Phi) is 6.18. The van der Waals surface area contributed by atoms with Gasteiger partial charge in [-0.1, -0.05) is 41.4 Å². The predicted molar refractivity (Wildman–Crippen MR) is 122 cm³/mol. The zero-order valence-electron chi connectivity index (χ0n) is 15.8. The van der Waals surface area contributed by atoms with Gasteiger partial charge in [0.25, 0.3) is 11.1 Å². The molecular weight excluding hydrogens is 459 g/mol. The molecule has 156 valence electrons. The summed E-state index contributed by atoms with van der Waals surface area (Å²) in [5.41, 5.74) is 1.31. The highest BCUT2D eigenvalue weighted by molar-refractivity contribution is 8.18. The van der Waals surface area contributed by atoms with Gasteiger partial charge in [-0.15, -0.1) is 0 Å². The average molecular weight is 473 g/mol. The molecule has 0 atom stereocenters. The van der Waals surface area contributed by atoms with Gasteiger partial charge in [0.05, 0.1) is 15.0 Å². The van der Waals surface area contributed by atoms with Crippen LogP contribution in [0.1, 0.15) is 5.76 Å². The Bertz CT molecular complexity index is 1210. The number of amides is 3. The zero-order valence-corrected chi connectivity index (χ0v) is 18.1. The second-order valence-corrected chi connectivity index (χ2v) is 8.32. The molecule has 1 aliphatic heterocycles. The van der Waals surface area contributed by atoms with Crippen molar-refractivity contribution in [1.82, 2.24) is 4.90 Å². The van der Waals surface area contributed by atoms with Crippen LogP contribution in [0.2, 0.25) is 10.0 Å². The number of para-hydroxylation sites is 1. The van der Waals surface area contributed by atoms with E-state index in [1.807, 2.05) is 6.07 Å². The van der Waals surface area contributed by atoms with Gasteiger partial charge in [0.1, 0.15) is 18.1 Å². The highest BCUT2D eigenvalue weighted by atomic mass is 35.5. The van der Waals surface area contributed by atoms with Crippen LogP contribution in [0, 0.1) is 0 Å². The molecule has 6 nitrogen and oxygen atoms in total. The minimum absolute atomic E-state index is 0.174. The maximum Gasteiger partial charge on any atom is 0.294 e. The molecule has 3 amide bonds. The van der Waals surface area contributed by atoms with Crippen LogP contribution < -0.4 is 5.32 Å². The fraction of sp³-hybridized carbons (Fsp3) is 0.0455. The summed E-state index contributed by atoms with van der Waals surface area (Å²) in [6.45, 7) is -0.371. The van der Waals surface area contributed by atoms with Crippen LogP contribution in [0.5, 0.6) is 0 Å². The van der Waals surface area contributed by atoms with Gasteiger partial charge in [0, 0.05) is 17.3 Å². The first kappa shape index (κ1) is 21.2. The van der Waals surface area contributed by atoms with Gasteiger partial charge in [0.2, 0.25) is 5.91 Å². The van der Waals surface area contributed by atoms with Crippen LogP contribution in [0.4, 0.5) is 10.5 Å². The number of thioether (sulfide) groups is 1. The van der Waals surface area contributed by atoms with E-state index < -0.39 is 17.1 Å². The lowest BCUT2D eigenvalue weighted by Gasteiger charge is -2.12. The van der Waals surface area contributed by atoms with Crippen molar-refractivity contribution in [3.63, 3.8) is 0 Å². The molecule has 31 heavy (non-hydrogen) atoms. The molecule has 4 rings (SSSR count). The number of nitrogens with one attached hydrogen (secondary N) is 1. The summed E-state index contributed by atoms with van der Waals surface area (Å²) in [5.74, 6) is -0.0908. The van der Waals surface area contributed by atoms with Gasteiger partial charge in [-0.3, -0.25) is 19.3 Å². The normalized spacial score (nSPS) is 15.0. The fourth-order valence-corrected chi connectivity index (χ4v) is 3.98. The van der Waals surface area contributed by atoms with Gasteiger partial charge in [-0.05, 0) is 54.2 Å². The Hall–Kier alpha value is -3.00. The third-order valence-electron chi connectivity index (χ3n) is 4.34. The van der Waals surface area contributed by atoms with Crippen LogP contribution >= 0.6 is 35.0 Å². The van der Waals surface area contributed by atoms with Crippen molar-refractivity contribution in [3.8, 4) is 11.3 Å². The number of benzene rings is 2. The average Bonchev–Trinajstić information content (AvgIpc) is 3.31. The van der Waals surface area contributed by atoms with Crippen LogP contribution in [0.15, 0.2) is 70.0 Å². The Morgan fingerprint density at radius 1 is 1.03 bits per heavy atom. The molecule has 3 aromatic rings. The standard InChI is InChI=1S/C22H14Cl2N2O4S/c23-16-8-6-13(10-17(16)24)18-9-7-15(30-18)11-19-21(28)26(22(29)31-19)12-20(27)25-14-4-2-1-3-5-14/h1-11H,12H2,(H,25,27)/b19-11-. The number of nitrogens with zero attached hydrogens (tertiary/aromatic N) is 1. The van der Waals surface area contributed by atoms with Gasteiger partial charge >= 0.3 is 0 Å². The Morgan fingerprint density at radius 2 is 1.81 bits per heavy atom. The molecule has 1 saturated heterocycles. The summed E-state index contributed by atoms with van der Waals surface area (Å²) in [4.78, 5) is 38.2. The van der Waals surface area contributed by atoms with Gasteiger partial charge in [-0.25, -0.2) is 0 Å². The molecule has 0 radical (unpaired) electrons. The topological polar surface area (TPSA) is 79.6 Å². The third kappa shape index (κ3) is 4.85. The number of hydrogen-bond donors (Lipinski definition) is 1. The number of halogens is 2. The first-order chi connectivity index (χ1) is 14.9. The smallest absolute Gasteiger partial charge is 0.294 e. The lowest BCUT2D eigenvalue weighted by Crippen LogP contribution is -2.36. The largest absolute Gasteiger partial charge is 0.457 e. The van der Waals surface area contributed by atoms with E-state index in [-0.39, 0.29) is 11.4 Å². The first-order valence-corrected chi connectivity index (χ1v) is 10.6. The molecule has 9 heteroatoms. The number of imide groups is 1. The van der Waals surface area contributed by atoms with E-state index >= 15 is 0 Å². The van der Waals surface area contributed by atoms with Crippen molar-refractivity contribution in [3.05, 3.63) is 81.4 Å². The van der Waals surface area contributed by atoms with Crippen LogP contribution in [0.25, 0.3) is 17.4 Å². The molecule has 0 saturated carbocycles. The van der Waals surface area contributed by atoms with Gasteiger partial charge in [-0.2, -0.15) is 0 Å². The Morgan fingerprint density at radius 3 is 2.55 bits per heavy atom. The van der Waals surface area contributed by atoms with Crippen molar-refractivity contribution in [2.24, 2.45) is 0 Å². The van der Waals surface area contributed by atoms with E-state index in [0.717, 1.165) is 22.2 Å². The van der Waals surface area contributed by atoms with Crippen LogP contribution in [-0.2, 0) is 9.59 Å².